The van der Waals surface area contributed by atoms with Crippen LogP contribution in [0.15, 0.2) is 4.99 Å². The lowest BCUT2D eigenvalue weighted by Crippen LogP contribution is -2.45. The van der Waals surface area contributed by atoms with Crippen LogP contribution >= 0.6 is 24.0 Å². The summed E-state index contributed by atoms with van der Waals surface area (Å²) in [4.78, 5) is 15.4. The topological polar surface area (TPSA) is 88.7 Å². The number of carbonyl (C=O) groups excluding carboxylic acids is 1. The Hall–Kier alpha value is -0.730. The minimum atomic E-state index is -0.486. The van der Waals surface area contributed by atoms with E-state index in [1.165, 1.54) is 0 Å². The number of hydrogen-bond donors (Lipinski definition) is 3. The minimum absolute atomic E-state index is 0. The third-order valence-corrected chi connectivity index (χ3v) is 1.57. The van der Waals surface area contributed by atoms with Crippen molar-refractivity contribution in [2.24, 2.45) is 10.7 Å². The lowest BCUT2D eigenvalue weighted by atomic mass is 10.1. The molecule has 0 bridgehead atoms. The molecule has 0 aliphatic rings. The average molecular weight is 386 g/mol. The number of alkyl carbamates (subject to hydrolysis) is 1. The Morgan fingerprint density at radius 2 is 1.74 bits per heavy atom. The summed E-state index contributed by atoms with van der Waals surface area (Å²) in [5, 5.41) is 5.64. The molecule has 0 aromatic heterocycles. The molecule has 114 valence electrons. The summed E-state index contributed by atoms with van der Waals surface area (Å²) in [7, 11) is 0. The Kier molecular flexibility index (Phi) is 9.15. The molecule has 0 heterocycles. The number of rotatable bonds is 3. The van der Waals surface area contributed by atoms with Gasteiger partial charge in [-0.1, -0.05) is 0 Å². The minimum Gasteiger partial charge on any atom is -0.444 e. The highest BCUT2D eigenvalue weighted by Gasteiger charge is 2.15. The highest BCUT2D eigenvalue weighted by molar-refractivity contribution is 14.0. The van der Waals surface area contributed by atoms with Gasteiger partial charge in [0.1, 0.15) is 5.60 Å². The summed E-state index contributed by atoms with van der Waals surface area (Å²) in [6.45, 7) is 12.2. The van der Waals surface area contributed by atoms with Gasteiger partial charge in [-0.3, -0.25) is 4.99 Å². The number of nitrogens with zero attached hydrogens (tertiary/aromatic N) is 1. The molecular weight excluding hydrogens is 359 g/mol. The van der Waals surface area contributed by atoms with Gasteiger partial charge in [0, 0.05) is 12.1 Å². The van der Waals surface area contributed by atoms with Crippen LogP contribution < -0.4 is 16.4 Å². The number of hydrogen-bond acceptors (Lipinski definition) is 3. The van der Waals surface area contributed by atoms with Gasteiger partial charge in [-0.25, -0.2) is 4.79 Å². The molecule has 19 heavy (non-hydrogen) atoms. The number of nitrogens with one attached hydrogen (secondary N) is 2. The highest BCUT2D eigenvalue weighted by Crippen LogP contribution is 2.06. The number of aliphatic imine (C=N–C) groups is 1. The Morgan fingerprint density at radius 3 is 2.16 bits per heavy atom. The Morgan fingerprint density at radius 1 is 1.21 bits per heavy atom. The smallest absolute Gasteiger partial charge is 0.407 e. The van der Waals surface area contributed by atoms with Crippen molar-refractivity contribution in [1.82, 2.24) is 10.6 Å². The molecule has 0 aliphatic carbocycles. The lowest BCUT2D eigenvalue weighted by molar-refractivity contribution is 0.0529. The highest BCUT2D eigenvalue weighted by atomic mass is 127. The van der Waals surface area contributed by atoms with E-state index in [-0.39, 0.29) is 29.5 Å². The number of nitrogens with two attached hydrogens (primary N) is 1. The maximum absolute atomic E-state index is 11.3. The predicted molar refractivity (Wildman–Crippen MR) is 89.0 cm³/mol. The zero-order chi connectivity index (χ0) is 14.4. The fourth-order valence-corrected chi connectivity index (χ4v) is 1.07. The van der Waals surface area contributed by atoms with Crippen LogP contribution in [0.4, 0.5) is 4.79 Å². The van der Waals surface area contributed by atoms with E-state index in [9.17, 15) is 4.79 Å². The van der Waals surface area contributed by atoms with Gasteiger partial charge in [0.05, 0.1) is 6.54 Å². The third-order valence-electron chi connectivity index (χ3n) is 1.57. The summed E-state index contributed by atoms with van der Waals surface area (Å²) < 4.78 is 5.08. The molecule has 0 aliphatic heterocycles. The Balaban J connectivity index is 0. The number of halogens is 1. The standard InChI is InChI=1S/C12H26N4O2.HI/c1-11(2,3)16-9(13)14-7-8-15-10(17)18-12(4,5)6;/h7-8H2,1-6H3,(H,15,17)(H3,13,14,16);1H. The van der Waals surface area contributed by atoms with Crippen molar-refractivity contribution in [3.63, 3.8) is 0 Å². The van der Waals surface area contributed by atoms with Gasteiger partial charge < -0.3 is 21.1 Å². The lowest BCUT2D eigenvalue weighted by Gasteiger charge is -2.21. The summed E-state index contributed by atoms with van der Waals surface area (Å²) in [6, 6.07) is 0. The number of guanidine groups is 1. The quantitative estimate of drug-likeness (QED) is 0.299. The van der Waals surface area contributed by atoms with Crippen LogP contribution in [0.3, 0.4) is 0 Å². The molecule has 0 fully saturated rings. The molecule has 0 aromatic carbocycles. The van der Waals surface area contributed by atoms with Gasteiger partial charge >= 0.3 is 6.09 Å². The van der Waals surface area contributed by atoms with Crippen molar-refractivity contribution >= 4 is 36.0 Å². The second kappa shape index (κ2) is 8.44. The molecule has 0 spiro atoms. The first-order valence-electron chi connectivity index (χ1n) is 6.04. The second-order valence-electron chi connectivity index (χ2n) is 6.07. The summed E-state index contributed by atoms with van der Waals surface area (Å²) in [5.41, 5.74) is 5.07. The van der Waals surface area contributed by atoms with Crippen molar-refractivity contribution in [2.45, 2.75) is 52.7 Å². The number of carbonyl (C=O) groups is 1. The third kappa shape index (κ3) is 15.2. The molecule has 0 saturated carbocycles. The van der Waals surface area contributed by atoms with Gasteiger partial charge in [-0.05, 0) is 41.5 Å². The van der Waals surface area contributed by atoms with Gasteiger partial charge in [-0.15, -0.1) is 24.0 Å². The van der Waals surface area contributed by atoms with E-state index in [0.29, 0.717) is 19.0 Å². The fourth-order valence-electron chi connectivity index (χ4n) is 1.07. The molecule has 4 N–H and O–H groups in total. The summed E-state index contributed by atoms with van der Waals surface area (Å²) in [6.07, 6.45) is -0.444. The molecule has 0 atom stereocenters. The molecule has 0 rings (SSSR count). The molecule has 0 saturated heterocycles. The van der Waals surface area contributed by atoms with E-state index in [1.807, 2.05) is 41.5 Å². The molecule has 7 heteroatoms. The van der Waals surface area contributed by atoms with Crippen molar-refractivity contribution in [1.29, 1.82) is 0 Å². The number of amides is 1. The van der Waals surface area contributed by atoms with E-state index in [1.54, 1.807) is 0 Å². The molecular formula is C12H27IN4O2. The average Bonchev–Trinajstić information content (AvgIpc) is 2.06. The van der Waals surface area contributed by atoms with Crippen LogP contribution in [0.1, 0.15) is 41.5 Å². The van der Waals surface area contributed by atoms with Crippen LogP contribution in [0.2, 0.25) is 0 Å². The second-order valence-corrected chi connectivity index (χ2v) is 6.07. The van der Waals surface area contributed by atoms with Crippen molar-refractivity contribution in [3.05, 3.63) is 0 Å². The fraction of sp³-hybridized carbons (Fsp3) is 0.833. The zero-order valence-electron chi connectivity index (χ0n) is 12.7. The maximum atomic E-state index is 11.3. The van der Waals surface area contributed by atoms with Crippen molar-refractivity contribution in [2.75, 3.05) is 13.1 Å². The molecule has 0 aromatic rings. The first-order valence-corrected chi connectivity index (χ1v) is 6.04. The van der Waals surface area contributed by atoms with Gasteiger partial charge in [0.2, 0.25) is 0 Å². The first kappa shape index (κ1) is 20.6. The zero-order valence-corrected chi connectivity index (χ0v) is 15.0. The maximum Gasteiger partial charge on any atom is 0.407 e. The molecule has 0 unspecified atom stereocenters. The van der Waals surface area contributed by atoms with Crippen molar-refractivity contribution < 1.29 is 9.53 Å². The summed E-state index contributed by atoms with van der Waals surface area (Å²) >= 11 is 0. The SMILES string of the molecule is CC(C)(C)NC(N)=NCCNC(=O)OC(C)(C)C.I. The molecule has 0 radical (unpaired) electrons. The Labute approximate surface area is 133 Å². The van der Waals surface area contributed by atoms with Crippen LogP contribution in [-0.2, 0) is 4.74 Å². The number of ether oxygens (including phenoxy) is 1. The van der Waals surface area contributed by atoms with E-state index in [4.69, 9.17) is 10.5 Å². The Bertz CT molecular complexity index is 306. The largest absolute Gasteiger partial charge is 0.444 e. The van der Waals surface area contributed by atoms with Crippen LogP contribution in [0.5, 0.6) is 0 Å². The van der Waals surface area contributed by atoms with E-state index < -0.39 is 11.7 Å². The predicted octanol–water partition coefficient (Wildman–Crippen LogP) is 1.83. The van der Waals surface area contributed by atoms with Gasteiger partial charge in [0.15, 0.2) is 5.96 Å². The molecule has 1 amide bonds. The van der Waals surface area contributed by atoms with E-state index >= 15 is 0 Å². The molecule has 6 nitrogen and oxygen atoms in total. The van der Waals surface area contributed by atoms with Gasteiger partial charge in [0.25, 0.3) is 0 Å². The van der Waals surface area contributed by atoms with E-state index in [0.717, 1.165) is 0 Å². The summed E-state index contributed by atoms with van der Waals surface area (Å²) in [5.74, 6) is 0.369. The monoisotopic (exact) mass is 386 g/mol. The van der Waals surface area contributed by atoms with Crippen LogP contribution in [-0.4, -0.2) is 36.3 Å². The van der Waals surface area contributed by atoms with Gasteiger partial charge in [-0.2, -0.15) is 0 Å². The first-order chi connectivity index (χ1) is 7.99. The van der Waals surface area contributed by atoms with Crippen LogP contribution in [0.25, 0.3) is 0 Å². The van der Waals surface area contributed by atoms with Crippen molar-refractivity contribution in [3.8, 4) is 0 Å². The van der Waals surface area contributed by atoms with E-state index in [2.05, 4.69) is 15.6 Å². The normalized spacial score (nSPS) is 12.4. The van der Waals surface area contributed by atoms with Crippen LogP contribution in [0, 0.1) is 0 Å².